The molecule has 0 aliphatic heterocycles. The standard InChI is InChI=1S/C10H16OSSi/c1-5-9(2)11-13(3,4)10-7-6-8-12-10/h5-9H,1H2,2-4H3. The van der Waals surface area contributed by atoms with Crippen LogP contribution in [0.25, 0.3) is 0 Å². The molecule has 0 fully saturated rings. The van der Waals surface area contributed by atoms with Gasteiger partial charge >= 0.3 is 0 Å². The van der Waals surface area contributed by atoms with Gasteiger partial charge in [-0.3, -0.25) is 0 Å². The van der Waals surface area contributed by atoms with Crippen molar-refractivity contribution in [2.75, 3.05) is 0 Å². The van der Waals surface area contributed by atoms with Gasteiger partial charge in [-0.1, -0.05) is 12.1 Å². The first-order chi connectivity index (χ1) is 6.06. The van der Waals surface area contributed by atoms with Crippen LogP contribution >= 0.6 is 11.3 Å². The molecule has 0 saturated heterocycles. The molecule has 72 valence electrons. The van der Waals surface area contributed by atoms with E-state index in [-0.39, 0.29) is 6.10 Å². The summed E-state index contributed by atoms with van der Waals surface area (Å²) in [7, 11) is -1.66. The average molecular weight is 212 g/mol. The molecule has 0 amide bonds. The minimum absolute atomic E-state index is 0.156. The van der Waals surface area contributed by atoms with Crippen molar-refractivity contribution in [3.63, 3.8) is 0 Å². The third-order valence-electron chi connectivity index (χ3n) is 1.93. The van der Waals surface area contributed by atoms with Gasteiger partial charge in [-0.05, 0) is 31.5 Å². The molecule has 0 aliphatic carbocycles. The molecule has 0 radical (unpaired) electrons. The van der Waals surface area contributed by atoms with E-state index in [9.17, 15) is 0 Å². The van der Waals surface area contributed by atoms with Gasteiger partial charge in [-0.2, -0.15) is 11.3 Å². The van der Waals surface area contributed by atoms with E-state index in [2.05, 4.69) is 37.2 Å². The second kappa shape index (κ2) is 4.22. The Labute approximate surface area is 85.2 Å². The lowest BCUT2D eigenvalue weighted by atomic mass is 10.4. The normalized spacial score (nSPS) is 14.1. The fraction of sp³-hybridized carbons (Fsp3) is 0.400. The summed E-state index contributed by atoms with van der Waals surface area (Å²) in [6, 6.07) is 4.24. The second-order valence-corrected chi connectivity index (χ2v) is 8.65. The Morgan fingerprint density at radius 2 is 2.31 bits per heavy atom. The van der Waals surface area contributed by atoms with Crippen LogP contribution in [0.1, 0.15) is 6.92 Å². The summed E-state index contributed by atoms with van der Waals surface area (Å²) in [6.45, 7) is 10.2. The fourth-order valence-corrected chi connectivity index (χ4v) is 4.78. The van der Waals surface area contributed by atoms with Gasteiger partial charge in [-0.15, -0.1) is 6.58 Å². The largest absolute Gasteiger partial charge is 0.406 e. The van der Waals surface area contributed by atoms with Crippen molar-refractivity contribution in [3.05, 3.63) is 30.2 Å². The van der Waals surface area contributed by atoms with Gasteiger partial charge in [0, 0.05) is 4.50 Å². The monoisotopic (exact) mass is 212 g/mol. The molecule has 1 unspecified atom stereocenters. The predicted octanol–water partition coefficient (Wildman–Crippen LogP) is 2.75. The van der Waals surface area contributed by atoms with Gasteiger partial charge in [0.2, 0.25) is 8.32 Å². The number of rotatable bonds is 4. The van der Waals surface area contributed by atoms with Crippen molar-refractivity contribution in [3.8, 4) is 0 Å². The van der Waals surface area contributed by atoms with Gasteiger partial charge in [-0.25, -0.2) is 0 Å². The molecule has 0 aromatic carbocycles. The molecule has 1 rings (SSSR count). The molecule has 13 heavy (non-hydrogen) atoms. The molecule has 0 aliphatic rings. The molecular weight excluding hydrogens is 196 g/mol. The van der Waals surface area contributed by atoms with Crippen molar-refractivity contribution in [1.82, 2.24) is 0 Å². The molecular formula is C10H16OSSi. The zero-order valence-electron chi connectivity index (χ0n) is 8.41. The lowest BCUT2D eigenvalue weighted by Gasteiger charge is -2.24. The van der Waals surface area contributed by atoms with Gasteiger partial charge < -0.3 is 4.43 Å². The first kappa shape index (κ1) is 10.7. The van der Waals surface area contributed by atoms with E-state index in [4.69, 9.17) is 4.43 Å². The first-order valence-corrected chi connectivity index (χ1v) is 8.19. The molecule has 0 spiro atoms. The van der Waals surface area contributed by atoms with E-state index >= 15 is 0 Å². The summed E-state index contributed by atoms with van der Waals surface area (Å²) >= 11 is 1.78. The van der Waals surface area contributed by atoms with E-state index in [0.29, 0.717) is 0 Å². The van der Waals surface area contributed by atoms with Crippen LogP contribution in [0.2, 0.25) is 13.1 Å². The molecule has 3 heteroatoms. The maximum atomic E-state index is 5.96. The Morgan fingerprint density at radius 1 is 1.62 bits per heavy atom. The lowest BCUT2D eigenvalue weighted by Crippen LogP contribution is -2.44. The van der Waals surface area contributed by atoms with E-state index < -0.39 is 8.32 Å². The number of hydrogen-bond donors (Lipinski definition) is 0. The van der Waals surface area contributed by atoms with Gasteiger partial charge in [0.25, 0.3) is 0 Å². The summed E-state index contributed by atoms with van der Waals surface area (Å²) in [5.41, 5.74) is 0. The van der Waals surface area contributed by atoms with Crippen molar-refractivity contribution >= 4 is 24.2 Å². The van der Waals surface area contributed by atoms with Crippen LogP contribution in [-0.4, -0.2) is 14.4 Å². The third-order valence-corrected chi connectivity index (χ3v) is 6.75. The molecule has 1 aromatic rings. The minimum atomic E-state index is -1.66. The molecule has 1 atom stereocenters. The maximum absolute atomic E-state index is 5.96. The molecule has 0 N–H and O–H groups in total. The highest BCUT2D eigenvalue weighted by molar-refractivity contribution is 7.24. The summed E-state index contributed by atoms with van der Waals surface area (Å²) in [6.07, 6.45) is 2.01. The fourth-order valence-electron chi connectivity index (χ4n) is 1.19. The van der Waals surface area contributed by atoms with Crippen LogP contribution in [-0.2, 0) is 4.43 Å². The zero-order valence-corrected chi connectivity index (χ0v) is 10.2. The van der Waals surface area contributed by atoms with Gasteiger partial charge in [0.05, 0.1) is 6.10 Å². The molecule has 0 saturated carbocycles. The van der Waals surface area contributed by atoms with Crippen LogP contribution in [0.4, 0.5) is 0 Å². The molecule has 0 bridgehead atoms. The summed E-state index contributed by atoms with van der Waals surface area (Å²) in [5.74, 6) is 0. The highest BCUT2D eigenvalue weighted by atomic mass is 32.1. The minimum Gasteiger partial charge on any atom is -0.406 e. The summed E-state index contributed by atoms with van der Waals surface area (Å²) < 4.78 is 7.35. The molecule has 1 aromatic heterocycles. The van der Waals surface area contributed by atoms with Crippen LogP contribution in [0, 0.1) is 0 Å². The summed E-state index contributed by atoms with van der Waals surface area (Å²) in [4.78, 5) is 0. The maximum Gasteiger partial charge on any atom is 0.228 e. The highest BCUT2D eigenvalue weighted by Crippen LogP contribution is 2.12. The number of thiophene rings is 1. The molecule has 1 nitrogen and oxygen atoms in total. The van der Waals surface area contributed by atoms with Crippen LogP contribution in [0.15, 0.2) is 30.2 Å². The first-order valence-electron chi connectivity index (χ1n) is 4.40. The predicted molar refractivity (Wildman–Crippen MR) is 62.2 cm³/mol. The van der Waals surface area contributed by atoms with E-state index in [0.717, 1.165) is 0 Å². The molecule has 1 heterocycles. The van der Waals surface area contributed by atoms with E-state index in [1.54, 1.807) is 11.3 Å². The van der Waals surface area contributed by atoms with Crippen molar-refractivity contribution in [2.45, 2.75) is 26.1 Å². The Hall–Kier alpha value is -0.383. The Balaban J connectivity index is 2.71. The zero-order chi connectivity index (χ0) is 9.90. The van der Waals surface area contributed by atoms with Gasteiger partial charge in [0.1, 0.15) is 0 Å². The Bertz CT molecular complexity index is 266. The number of hydrogen-bond acceptors (Lipinski definition) is 2. The van der Waals surface area contributed by atoms with Crippen molar-refractivity contribution in [2.24, 2.45) is 0 Å². The van der Waals surface area contributed by atoms with Gasteiger partial charge in [0.15, 0.2) is 0 Å². The Kier molecular flexibility index (Phi) is 3.47. The van der Waals surface area contributed by atoms with E-state index in [1.165, 1.54) is 4.50 Å². The van der Waals surface area contributed by atoms with Crippen LogP contribution < -0.4 is 4.50 Å². The third kappa shape index (κ3) is 2.79. The quantitative estimate of drug-likeness (QED) is 0.551. The van der Waals surface area contributed by atoms with Crippen LogP contribution in [0.3, 0.4) is 0 Å². The van der Waals surface area contributed by atoms with E-state index in [1.807, 2.05) is 13.0 Å². The summed E-state index contributed by atoms with van der Waals surface area (Å²) in [5, 5.41) is 2.10. The highest BCUT2D eigenvalue weighted by Gasteiger charge is 2.27. The van der Waals surface area contributed by atoms with Crippen molar-refractivity contribution in [1.29, 1.82) is 0 Å². The topological polar surface area (TPSA) is 9.23 Å². The SMILES string of the molecule is C=CC(C)O[Si](C)(C)c1cccs1. The van der Waals surface area contributed by atoms with Crippen LogP contribution in [0.5, 0.6) is 0 Å². The second-order valence-electron chi connectivity index (χ2n) is 3.55. The smallest absolute Gasteiger partial charge is 0.228 e. The average Bonchev–Trinajstić information content (AvgIpc) is 2.55. The van der Waals surface area contributed by atoms with Crippen molar-refractivity contribution < 1.29 is 4.43 Å². The lowest BCUT2D eigenvalue weighted by molar-refractivity contribution is 0.267. The Morgan fingerprint density at radius 3 is 2.77 bits per heavy atom.